The topological polar surface area (TPSA) is 90.9 Å². The van der Waals surface area contributed by atoms with Gasteiger partial charge in [-0.15, -0.1) is 0 Å². The number of Topliss-reactive ketones (excluding diaryl/α,β-unsaturated/α-hetero) is 1. The van der Waals surface area contributed by atoms with Gasteiger partial charge in [0.15, 0.2) is 23.9 Å². The van der Waals surface area contributed by atoms with Gasteiger partial charge in [0.05, 0.1) is 14.2 Å². The Hall–Kier alpha value is -4.13. The third-order valence-corrected chi connectivity index (χ3v) is 6.71. The molecule has 1 N–H and O–H groups in total. The second-order valence-electron chi connectivity index (χ2n) is 9.68. The van der Waals surface area contributed by atoms with Gasteiger partial charge in [0.25, 0.3) is 5.91 Å². The molecular formula is C33H39NO6. The standard InChI is InChI=1S/C33H39NO6/c1-4-5-6-7-9-12-24-15-17-26(18-16-24)29(35)23-40-33(37)28(21-25-13-10-8-11-14-25)34-32(36)27-19-20-30(38-2)31(22-27)39-3/h8,10-11,13-20,22,28H,4-7,9,12,21,23H2,1-3H3,(H,34,36). The summed E-state index contributed by atoms with van der Waals surface area (Å²) in [7, 11) is 2.99. The normalized spacial score (nSPS) is 11.4. The molecule has 1 atom stereocenters. The van der Waals surface area contributed by atoms with E-state index in [1.807, 2.05) is 42.5 Å². The molecule has 0 spiro atoms. The first-order valence-corrected chi connectivity index (χ1v) is 13.8. The number of carbonyl (C=O) groups excluding carboxylic acids is 3. The maximum atomic E-state index is 13.1. The lowest BCUT2D eigenvalue weighted by atomic mass is 10.0. The van der Waals surface area contributed by atoms with Gasteiger partial charge in [-0.1, -0.05) is 87.2 Å². The lowest BCUT2D eigenvalue weighted by Gasteiger charge is -2.18. The van der Waals surface area contributed by atoms with E-state index in [0.717, 1.165) is 18.4 Å². The Morgan fingerprint density at radius 1 is 0.750 bits per heavy atom. The lowest BCUT2D eigenvalue weighted by molar-refractivity contribution is -0.144. The molecule has 0 aromatic heterocycles. The molecule has 0 aliphatic heterocycles. The summed E-state index contributed by atoms with van der Waals surface area (Å²) in [6.45, 7) is 1.79. The van der Waals surface area contributed by atoms with E-state index in [4.69, 9.17) is 14.2 Å². The Kier molecular flexibility index (Phi) is 12.2. The number of rotatable bonds is 16. The highest BCUT2D eigenvalue weighted by atomic mass is 16.5. The van der Waals surface area contributed by atoms with Gasteiger partial charge in [0, 0.05) is 17.5 Å². The van der Waals surface area contributed by atoms with Crippen LogP contribution in [0.1, 0.15) is 70.9 Å². The van der Waals surface area contributed by atoms with Gasteiger partial charge in [-0.05, 0) is 42.2 Å². The number of ketones is 1. The maximum Gasteiger partial charge on any atom is 0.329 e. The molecule has 0 radical (unpaired) electrons. The third kappa shape index (κ3) is 9.26. The first-order valence-electron chi connectivity index (χ1n) is 13.8. The number of unbranched alkanes of at least 4 members (excludes halogenated alkanes) is 4. The van der Waals surface area contributed by atoms with Crippen molar-refractivity contribution >= 4 is 17.7 Å². The van der Waals surface area contributed by atoms with Crippen molar-refractivity contribution < 1.29 is 28.6 Å². The van der Waals surface area contributed by atoms with Crippen LogP contribution in [-0.4, -0.2) is 44.5 Å². The fraction of sp³-hybridized carbons (Fsp3) is 0.364. The zero-order chi connectivity index (χ0) is 28.7. The fourth-order valence-electron chi connectivity index (χ4n) is 4.37. The minimum absolute atomic E-state index is 0.208. The molecule has 0 saturated heterocycles. The van der Waals surface area contributed by atoms with Crippen LogP contribution in [0.25, 0.3) is 0 Å². The Labute approximate surface area is 236 Å². The number of amides is 1. The fourth-order valence-corrected chi connectivity index (χ4v) is 4.37. The minimum Gasteiger partial charge on any atom is -0.493 e. The highest BCUT2D eigenvalue weighted by Crippen LogP contribution is 2.27. The summed E-state index contributed by atoms with van der Waals surface area (Å²) in [5.74, 6) is -0.582. The highest BCUT2D eigenvalue weighted by Gasteiger charge is 2.25. The van der Waals surface area contributed by atoms with Crippen molar-refractivity contribution in [2.24, 2.45) is 0 Å². The number of methoxy groups -OCH3 is 2. The summed E-state index contributed by atoms with van der Waals surface area (Å²) >= 11 is 0. The average Bonchev–Trinajstić information content (AvgIpc) is 2.99. The number of carbonyl (C=O) groups is 3. The van der Waals surface area contributed by atoms with E-state index < -0.39 is 24.5 Å². The summed E-state index contributed by atoms with van der Waals surface area (Å²) < 4.78 is 15.9. The van der Waals surface area contributed by atoms with Crippen LogP contribution >= 0.6 is 0 Å². The van der Waals surface area contributed by atoms with E-state index in [0.29, 0.717) is 22.6 Å². The summed E-state index contributed by atoms with van der Waals surface area (Å²) in [5, 5.41) is 2.75. The molecule has 1 unspecified atom stereocenters. The molecule has 0 aliphatic carbocycles. The van der Waals surface area contributed by atoms with Crippen LogP contribution in [0.15, 0.2) is 72.8 Å². The first-order chi connectivity index (χ1) is 19.4. The van der Waals surface area contributed by atoms with Crippen LogP contribution in [0.2, 0.25) is 0 Å². The molecule has 1 amide bonds. The molecule has 0 fully saturated rings. The number of nitrogens with one attached hydrogen (secondary N) is 1. The van der Waals surface area contributed by atoms with Crippen LogP contribution in [-0.2, 0) is 22.4 Å². The van der Waals surface area contributed by atoms with Crippen molar-refractivity contribution in [3.63, 3.8) is 0 Å². The molecule has 7 heteroatoms. The van der Waals surface area contributed by atoms with E-state index >= 15 is 0 Å². The summed E-state index contributed by atoms with van der Waals surface area (Å²) in [6, 6.07) is 20.5. The molecular weight excluding hydrogens is 506 g/mol. The SMILES string of the molecule is CCCCCCCc1ccc(C(=O)COC(=O)C(Cc2ccccc2)NC(=O)c2ccc(OC)c(OC)c2)cc1. The smallest absolute Gasteiger partial charge is 0.329 e. The van der Waals surface area contributed by atoms with Crippen molar-refractivity contribution in [1.82, 2.24) is 5.32 Å². The van der Waals surface area contributed by atoms with Gasteiger partial charge in [-0.2, -0.15) is 0 Å². The molecule has 3 aromatic rings. The number of aryl methyl sites for hydroxylation is 1. The van der Waals surface area contributed by atoms with Crippen molar-refractivity contribution in [2.45, 2.75) is 57.9 Å². The first kappa shape index (κ1) is 30.4. The molecule has 0 bridgehead atoms. The minimum atomic E-state index is -0.995. The second-order valence-corrected chi connectivity index (χ2v) is 9.68. The number of benzene rings is 3. The average molecular weight is 546 g/mol. The van der Waals surface area contributed by atoms with Crippen LogP contribution < -0.4 is 14.8 Å². The molecule has 7 nitrogen and oxygen atoms in total. The number of esters is 1. The quantitative estimate of drug-likeness (QED) is 0.135. The van der Waals surface area contributed by atoms with Crippen LogP contribution in [0.3, 0.4) is 0 Å². The summed E-state index contributed by atoms with van der Waals surface area (Å²) in [4.78, 5) is 38.9. The Morgan fingerprint density at radius 2 is 1.43 bits per heavy atom. The van der Waals surface area contributed by atoms with Crippen molar-refractivity contribution in [1.29, 1.82) is 0 Å². The van der Waals surface area contributed by atoms with Gasteiger partial charge in [-0.3, -0.25) is 9.59 Å². The van der Waals surface area contributed by atoms with Crippen molar-refractivity contribution in [2.75, 3.05) is 20.8 Å². The van der Waals surface area contributed by atoms with E-state index in [2.05, 4.69) is 12.2 Å². The van der Waals surface area contributed by atoms with Crippen molar-refractivity contribution in [3.8, 4) is 11.5 Å². The molecule has 40 heavy (non-hydrogen) atoms. The lowest BCUT2D eigenvalue weighted by Crippen LogP contribution is -2.43. The Bertz CT molecular complexity index is 1240. The van der Waals surface area contributed by atoms with Crippen LogP contribution in [0.4, 0.5) is 0 Å². The molecule has 0 saturated carbocycles. The highest BCUT2D eigenvalue weighted by molar-refractivity contribution is 5.99. The molecule has 212 valence electrons. The van der Waals surface area contributed by atoms with Crippen molar-refractivity contribution in [3.05, 3.63) is 95.1 Å². The second kappa shape index (κ2) is 16.1. The van der Waals surface area contributed by atoms with Crippen LogP contribution in [0.5, 0.6) is 11.5 Å². The molecule has 3 aromatic carbocycles. The summed E-state index contributed by atoms with van der Waals surface area (Å²) in [5.41, 5.74) is 2.81. The largest absolute Gasteiger partial charge is 0.493 e. The third-order valence-electron chi connectivity index (χ3n) is 6.71. The van der Waals surface area contributed by atoms with E-state index in [1.165, 1.54) is 51.5 Å². The van der Waals surface area contributed by atoms with Gasteiger partial charge in [-0.25, -0.2) is 4.79 Å². The van der Waals surface area contributed by atoms with Gasteiger partial charge in [0.1, 0.15) is 6.04 Å². The van der Waals surface area contributed by atoms with Crippen LogP contribution in [0, 0.1) is 0 Å². The Morgan fingerprint density at radius 3 is 2.10 bits per heavy atom. The predicted octanol–water partition coefficient (Wildman–Crippen LogP) is 5.98. The maximum absolute atomic E-state index is 13.1. The van der Waals surface area contributed by atoms with E-state index in [9.17, 15) is 14.4 Å². The van der Waals surface area contributed by atoms with Gasteiger partial charge < -0.3 is 19.5 Å². The number of hydrogen-bond donors (Lipinski definition) is 1. The predicted molar refractivity (Wildman–Crippen MR) is 155 cm³/mol. The Balaban J connectivity index is 1.62. The zero-order valence-electron chi connectivity index (χ0n) is 23.6. The molecule has 0 aliphatic rings. The van der Waals surface area contributed by atoms with E-state index in [-0.39, 0.29) is 12.2 Å². The molecule has 3 rings (SSSR count). The number of ether oxygens (including phenoxy) is 3. The number of hydrogen-bond acceptors (Lipinski definition) is 6. The van der Waals surface area contributed by atoms with Gasteiger partial charge >= 0.3 is 5.97 Å². The molecule has 0 heterocycles. The monoisotopic (exact) mass is 545 g/mol. The van der Waals surface area contributed by atoms with Gasteiger partial charge in [0.2, 0.25) is 0 Å². The van der Waals surface area contributed by atoms with E-state index in [1.54, 1.807) is 24.3 Å². The zero-order valence-corrected chi connectivity index (χ0v) is 23.6. The summed E-state index contributed by atoms with van der Waals surface area (Å²) in [6.07, 6.45) is 7.25.